The Morgan fingerprint density at radius 1 is 1.03 bits per heavy atom. The zero-order chi connectivity index (χ0) is 24.1. The van der Waals surface area contributed by atoms with E-state index in [1.165, 1.54) is 24.3 Å². The highest BCUT2D eigenvalue weighted by atomic mass is 19.1. The van der Waals surface area contributed by atoms with Gasteiger partial charge in [-0.05, 0) is 49.2 Å². The van der Waals surface area contributed by atoms with Gasteiger partial charge >= 0.3 is 0 Å². The van der Waals surface area contributed by atoms with Gasteiger partial charge in [0.1, 0.15) is 17.3 Å². The predicted molar refractivity (Wildman–Crippen MR) is 125 cm³/mol. The first-order chi connectivity index (χ1) is 16.5. The molecule has 2 fully saturated rings. The molecule has 1 aliphatic heterocycles. The van der Waals surface area contributed by atoms with E-state index >= 15 is 0 Å². The highest BCUT2D eigenvalue weighted by Crippen LogP contribution is 2.27. The Kier molecular flexibility index (Phi) is 7.67. The lowest BCUT2D eigenvalue weighted by molar-refractivity contribution is -0.0371. The van der Waals surface area contributed by atoms with Crippen LogP contribution in [0.15, 0.2) is 42.5 Å². The number of rotatable bonds is 7. The number of hydrogen-bond acceptors (Lipinski definition) is 5. The van der Waals surface area contributed by atoms with Gasteiger partial charge in [0, 0.05) is 42.9 Å². The van der Waals surface area contributed by atoms with E-state index < -0.39 is 0 Å². The largest absolute Gasteiger partial charge is 0.497 e. The lowest BCUT2D eigenvalue weighted by atomic mass is 10.1. The average Bonchev–Trinajstić information content (AvgIpc) is 3.41. The van der Waals surface area contributed by atoms with Gasteiger partial charge in [0.2, 0.25) is 0 Å². The summed E-state index contributed by atoms with van der Waals surface area (Å²) in [4.78, 5) is 30.2. The summed E-state index contributed by atoms with van der Waals surface area (Å²) >= 11 is 0. The summed E-state index contributed by atoms with van der Waals surface area (Å²) in [5, 5.41) is 0. The minimum Gasteiger partial charge on any atom is -0.497 e. The topological polar surface area (TPSA) is 68.3 Å². The van der Waals surface area contributed by atoms with Gasteiger partial charge in [-0.3, -0.25) is 9.59 Å². The number of morpholine rings is 1. The number of nitrogens with zero attached hydrogens (tertiary/aromatic N) is 2. The maximum atomic E-state index is 13.4. The van der Waals surface area contributed by atoms with Gasteiger partial charge in [-0.2, -0.15) is 0 Å². The first-order valence-corrected chi connectivity index (χ1v) is 11.7. The molecule has 8 heteroatoms. The fraction of sp³-hybridized carbons (Fsp3) is 0.462. The van der Waals surface area contributed by atoms with Crippen LogP contribution in [-0.2, 0) is 4.74 Å². The maximum Gasteiger partial charge on any atom is 0.254 e. The molecule has 1 saturated carbocycles. The van der Waals surface area contributed by atoms with Crippen molar-refractivity contribution >= 4 is 11.8 Å². The minimum atomic E-state index is -0.372. The molecule has 2 amide bonds. The Morgan fingerprint density at radius 2 is 1.68 bits per heavy atom. The molecule has 0 N–H and O–H groups in total. The molecular formula is C26H31FN2O5. The summed E-state index contributed by atoms with van der Waals surface area (Å²) in [6, 6.07) is 10.9. The van der Waals surface area contributed by atoms with Crippen LogP contribution in [0.3, 0.4) is 0 Å². The molecule has 1 heterocycles. The molecule has 34 heavy (non-hydrogen) atoms. The lowest BCUT2D eigenvalue weighted by Crippen LogP contribution is -2.52. The van der Waals surface area contributed by atoms with Crippen LogP contribution in [0, 0.1) is 5.82 Å². The molecule has 7 nitrogen and oxygen atoms in total. The Balaban J connectivity index is 1.49. The van der Waals surface area contributed by atoms with Gasteiger partial charge in [-0.25, -0.2) is 4.39 Å². The van der Waals surface area contributed by atoms with Gasteiger partial charge in [-0.15, -0.1) is 0 Å². The van der Waals surface area contributed by atoms with Crippen LogP contribution < -0.4 is 9.47 Å². The van der Waals surface area contributed by atoms with E-state index in [9.17, 15) is 14.0 Å². The molecule has 0 bridgehead atoms. The van der Waals surface area contributed by atoms with Gasteiger partial charge in [-0.1, -0.05) is 12.8 Å². The molecule has 2 aromatic carbocycles. The second kappa shape index (κ2) is 10.9. The van der Waals surface area contributed by atoms with Crippen molar-refractivity contribution in [3.8, 4) is 11.5 Å². The second-order valence-electron chi connectivity index (χ2n) is 8.75. The number of carbonyl (C=O) groups excluding carboxylic acids is 2. The molecule has 0 radical (unpaired) electrons. The second-order valence-corrected chi connectivity index (χ2v) is 8.75. The van der Waals surface area contributed by atoms with Crippen molar-refractivity contribution in [2.45, 2.75) is 37.8 Å². The lowest BCUT2D eigenvalue weighted by Gasteiger charge is -2.38. The number of amides is 2. The maximum absolute atomic E-state index is 13.4. The molecule has 4 rings (SSSR count). The minimum absolute atomic E-state index is 0.120. The van der Waals surface area contributed by atoms with E-state index in [0.717, 1.165) is 25.7 Å². The third-order valence-corrected chi connectivity index (χ3v) is 6.54. The van der Waals surface area contributed by atoms with Crippen LogP contribution in [0.25, 0.3) is 0 Å². The fourth-order valence-corrected chi connectivity index (χ4v) is 4.72. The highest BCUT2D eigenvalue weighted by Gasteiger charge is 2.33. The van der Waals surface area contributed by atoms with Crippen LogP contribution in [0.4, 0.5) is 4.39 Å². The SMILES string of the molecule is COc1cc(OC)cc(C(=O)N2CCOC(CN(C(=O)c3ccc(F)cc3)C3CCCC3)C2)c1. The highest BCUT2D eigenvalue weighted by molar-refractivity contribution is 5.95. The molecule has 2 aromatic rings. The molecular weight excluding hydrogens is 439 g/mol. The number of carbonyl (C=O) groups is 2. The molecule has 2 aliphatic rings. The molecule has 0 aromatic heterocycles. The quantitative estimate of drug-likeness (QED) is 0.616. The number of ether oxygens (including phenoxy) is 3. The summed E-state index contributed by atoms with van der Waals surface area (Å²) in [5.74, 6) is 0.455. The third kappa shape index (κ3) is 5.50. The Bertz CT molecular complexity index is 985. The van der Waals surface area contributed by atoms with Crippen molar-refractivity contribution in [3.05, 3.63) is 59.4 Å². The molecule has 1 unspecified atom stereocenters. The van der Waals surface area contributed by atoms with E-state index in [-0.39, 0.29) is 29.8 Å². The van der Waals surface area contributed by atoms with Crippen molar-refractivity contribution in [2.75, 3.05) is 40.5 Å². The van der Waals surface area contributed by atoms with E-state index in [0.29, 0.717) is 48.9 Å². The van der Waals surface area contributed by atoms with Crippen LogP contribution in [0.2, 0.25) is 0 Å². The van der Waals surface area contributed by atoms with Gasteiger partial charge in [0.15, 0.2) is 0 Å². The predicted octanol–water partition coefficient (Wildman–Crippen LogP) is 3.77. The first-order valence-electron chi connectivity index (χ1n) is 11.7. The Labute approximate surface area is 199 Å². The zero-order valence-corrected chi connectivity index (χ0v) is 19.7. The number of methoxy groups -OCH3 is 2. The van der Waals surface area contributed by atoms with Crippen molar-refractivity contribution < 1.29 is 28.2 Å². The van der Waals surface area contributed by atoms with E-state index in [1.807, 2.05) is 4.90 Å². The van der Waals surface area contributed by atoms with Crippen molar-refractivity contribution in [1.82, 2.24) is 9.80 Å². The average molecular weight is 471 g/mol. The van der Waals surface area contributed by atoms with E-state index in [2.05, 4.69) is 0 Å². The Hall–Kier alpha value is -3.13. The number of halogens is 1. The monoisotopic (exact) mass is 470 g/mol. The smallest absolute Gasteiger partial charge is 0.254 e. The van der Waals surface area contributed by atoms with Crippen LogP contribution in [0.1, 0.15) is 46.4 Å². The van der Waals surface area contributed by atoms with Crippen molar-refractivity contribution in [3.63, 3.8) is 0 Å². The van der Waals surface area contributed by atoms with E-state index in [4.69, 9.17) is 14.2 Å². The molecule has 0 spiro atoms. The standard InChI is InChI=1S/C26H31FN2O5/c1-32-22-13-19(14-23(15-22)33-2)25(30)28-11-12-34-24(16-28)17-29(21-5-3-4-6-21)26(31)18-7-9-20(27)10-8-18/h7-10,13-15,21,24H,3-6,11-12,16-17H2,1-2H3. The molecule has 1 aliphatic carbocycles. The summed E-state index contributed by atoms with van der Waals surface area (Å²) in [7, 11) is 3.09. The zero-order valence-electron chi connectivity index (χ0n) is 19.7. The summed E-state index contributed by atoms with van der Waals surface area (Å²) in [5.41, 5.74) is 0.937. The van der Waals surface area contributed by atoms with Crippen LogP contribution >= 0.6 is 0 Å². The summed E-state index contributed by atoms with van der Waals surface area (Å²) in [6.45, 7) is 1.61. The molecule has 1 atom stereocenters. The molecule has 182 valence electrons. The van der Waals surface area contributed by atoms with Crippen LogP contribution in [-0.4, -0.2) is 74.2 Å². The van der Waals surface area contributed by atoms with Crippen molar-refractivity contribution in [1.29, 1.82) is 0 Å². The summed E-state index contributed by atoms with van der Waals surface area (Å²) < 4.78 is 30.0. The number of hydrogen-bond donors (Lipinski definition) is 0. The normalized spacial score (nSPS) is 18.6. The van der Waals surface area contributed by atoms with Crippen molar-refractivity contribution in [2.24, 2.45) is 0 Å². The molecule has 1 saturated heterocycles. The van der Waals surface area contributed by atoms with Gasteiger partial charge < -0.3 is 24.0 Å². The summed E-state index contributed by atoms with van der Waals surface area (Å²) in [6.07, 6.45) is 3.71. The number of benzene rings is 2. The first kappa shape index (κ1) is 24.0. The Morgan fingerprint density at radius 3 is 2.29 bits per heavy atom. The van der Waals surface area contributed by atoms with E-state index in [1.54, 1.807) is 37.3 Å². The van der Waals surface area contributed by atoms with Crippen LogP contribution in [0.5, 0.6) is 11.5 Å². The fourth-order valence-electron chi connectivity index (χ4n) is 4.72. The van der Waals surface area contributed by atoms with Gasteiger partial charge in [0.25, 0.3) is 11.8 Å². The third-order valence-electron chi connectivity index (χ3n) is 6.54. The van der Waals surface area contributed by atoms with Gasteiger partial charge in [0.05, 0.1) is 26.9 Å².